The maximum atomic E-state index is 12.3. The lowest BCUT2D eigenvalue weighted by Gasteiger charge is -2.32. The lowest BCUT2D eigenvalue weighted by atomic mass is 10.0. The number of carbonyl (C=O) groups is 2. The number of piperidine rings is 1. The first-order valence-electron chi connectivity index (χ1n) is 6.64. The molecule has 4 nitrogen and oxygen atoms in total. The quantitative estimate of drug-likeness (QED) is 0.810. The fourth-order valence-corrected chi connectivity index (χ4v) is 2.10. The van der Waals surface area contributed by atoms with Crippen LogP contribution in [0.25, 0.3) is 0 Å². The molecule has 0 aromatic carbocycles. The molecule has 1 aliphatic rings. The third kappa shape index (κ3) is 4.02. The maximum absolute atomic E-state index is 12.3. The van der Waals surface area contributed by atoms with Gasteiger partial charge in [-0.25, -0.2) is 0 Å². The number of likely N-dealkylation sites (tertiary alicyclic amines) is 1. The van der Waals surface area contributed by atoms with E-state index in [4.69, 9.17) is 0 Å². The fraction of sp³-hybridized carbons (Fsp3) is 0.846. The van der Waals surface area contributed by atoms with Gasteiger partial charge in [0.25, 0.3) is 0 Å². The van der Waals surface area contributed by atoms with E-state index in [-0.39, 0.29) is 23.8 Å². The van der Waals surface area contributed by atoms with E-state index in [1.54, 1.807) is 6.92 Å². The van der Waals surface area contributed by atoms with Crippen molar-refractivity contribution in [3.8, 4) is 0 Å². The highest BCUT2D eigenvalue weighted by atomic mass is 16.2. The van der Waals surface area contributed by atoms with Crippen molar-refractivity contribution in [2.75, 3.05) is 13.1 Å². The van der Waals surface area contributed by atoms with E-state index < -0.39 is 0 Å². The lowest BCUT2D eigenvalue weighted by Crippen LogP contribution is -2.52. The molecule has 0 aliphatic carbocycles. The molecule has 4 heteroatoms. The first kappa shape index (κ1) is 14.0. The molecule has 2 amide bonds. The first-order valence-corrected chi connectivity index (χ1v) is 6.64. The zero-order valence-electron chi connectivity index (χ0n) is 11.2. The van der Waals surface area contributed by atoms with Gasteiger partial charge in [-0.1, -0.05) is 20.8 Å². The highest BCUT2D eigenvalue weighted by Gasteiger charge is 2.28. The summed E-state index contributed by atoms with van der Waals surface area (Å²) in [6.45, 7) is 7.43. The molecule has 1 heterocycles. The topological polar surface area (TPSA) is 49.4 Å². The average molecular weight is 240 g/mol. The molecule has 0 spiro atoms. The van der Waals surface area contributed by atoms with E-state index >= 15 is 0 Å². The molecule has 0 bridgehead atoms. The number of rotatable bonds is 4. The molecule has 0 radical (unpaired) electrons. The number of hydrogen-bond donors (Lipinski definition) is 1. The molecule has 98 valence electrons. The Kier molecular flexibility index (Phi) is 5.45. The van der Waals surface area contributed by atoms with Gasteiger partial charge in [0.2, 0.25) is 11.8 Å². The molecule has 0 aromatic rings. The predicted molar refractivity (Wildman–Crippen MR) is 67.5 cm³/mol. The van der Waals surface area contributed by atoms with Crippen LogP contribution >= 0.6 is 0 Å². The number of carbonyl (C=O) groups excluding carboxylic acids is 2. The van der Waals surface area contributed by atoms with Crippen LogP contribution in [0.1, 0.15) is 46.5 Å². The van der Waals surface area contributed by atoms with Crippen LogP contribution in [0.2, 0.25) is 0 Å². The normalized spacial score (nSPS) is 18.0. The molecular weight excluding hydrogens is 216 g/mol. The zero-order valence-corrected chi connectivity index (χ0v) is 11.2. The van der Waals surface area contributed by atoms with Crippen molar-refractivity contribution < 1.29 is 9.59 Å². The van der Waals surface area contributed by atoms with E-state index in [2.05, 4.69) is 5.32 Å². The summed E-state index contributed by atoms with van der Waals surface area (Å²) in [5, 5.41) is 2.83. The van der Waals surface area contributed by atoms with Crippen LogP contribution in [0.4, 0.5) is 0 Å². The van der Waals surface area contributed by atoms with Crippen LogP contribution in [0.3, 0.4) is 0 Å². The molecule has 1 rings (SSSR count). The number of nitrogens with one attached hydrogen (secondary N) is 1. The van der Waals surface area contributed by atoms with E-state index in [1.165, 1.54) is 6.42 Å². The molecule has 1 N–H and O–H groups in total. The Balaban J connectivity index is 2.62. The van der Waals surface area contributed by atoms with Crippen LogP contribution in [0, 0.1) is 5.92 Å². The predicted octanol–water partition coefficient (Wildman–Crippen LogP) is 1.55. The number of amides is 2. The summed E-state index contributed by atoms with van der Waals surface area (Å²) in [4.78, 5) is 25.6. The van der Waals surface area contributed by atoms with Crippen molar-refractivity contribution in [2.45, 2.75) is 52.5 Å². The minimum Gasteiger partial charge on any atom is -0.344 e. The number of nitrogens with zero attached hydrogens (tertiary/aromatic N) is 1. The Labute approximate surface area is 104 Å². The third-order valence-corrected chi connectivity index (χ3v) is 3.24. The van der Waals surface area contributed by atoms with Gasteiger partial charge in [0.05, 0.1) is 0 Å². The van der Waals surface area contributed by atoms with E-state index in [0.717, 1.165) is 25.9 Å². The minimum atomic E-state index is -0.361. The molecule has 1 aliphatic heterocycles. The van der Waals surface area contributed by atoms with Gasteiger partial charge in [-0.2, -0.15) is 0 Å². The highest BCUT2D eigenvalue weighted by molar-refractivity contribution is 5.87. The SMILES string of the molecule is CCC(=O)N[C@H](C(=O)N1CCCCC1)C(C)C. The summed E-state index contributed by atoms with van der Waals surface area (Å²) in [5.74, 6) is 0.176. The van der Waals surface area contributed by atoms with Gasteiger partial charge in [0, 0.05) is 19.5 Å². The smallest absolute Gasteiger partial charge is 0.245 e. The van der Waals surface area contributed by atoms with Crippen molar-refractivity contribution in [1.82, 2.24) is 10.2 Å². The molecular formula is C13H24N2O2. The number of hydrogen-bond acceptors (Lipinski definition) is 2. The van der Waals surface area contributed by atoms with Gasteiger partial charge in [0.1, 0.15) is 6.04 Å². The second kappa shape index (κ2) is 6.62. The Hall–Kier alpha value is -1.06. The molecule has 1 atom stereocenters. The van der Waals surface area contributed by atoms with Crippen LogP contribution in [-0.2, 0) is 9.59 Å². The second-order valence-corrected chi connectivity index (χ2v) is 5.03. The van der Waals surface area contributed by atoms with E-state index in [9.17, 15) is 9.59 Å². The van der Waals surface area contributed by atoms with Gasteiger partial charge in [-0.3, -0.25) is 9.59 Å². The Morgan fingerprint density at radius 2 is 1.76 bits per heavy atom. The average Bonchev–Trinajstić information content (AvgIpc) is 2.35. The Bertz CT molecular complexity index is 271. The Morgan fingerprint density at radius 3 is 2.24 bits per heavy atom. The van der Waals surface area contributed by atoms with Gasteiger partial charge in [-0.05, 0) is 25.2 Å². The van der Waals surface area contributed by atoms with Crippen molar-refractivity contribution in [2.24, 2.45) is 5.92 Å². The summed E-state index contributed by atoms with van der Waals surface area (Å²) in [7, 11) is 0. The molecule has 0 saturated carbocycles. The van der Waals surface area contributed by atoms with E-state index in [1.807, 2.05) is 18.7 Å². The van der Waals surface area contributed by atoms with Gasteiger partial charge < -0.3 is 10.2 Å². The lowest BCUT2D eigenvalue weighted by molar-refractivity contribution is -0.138. The van der Waals surface area contributed by atoms with Crippen LogP contribution in [0.15, 0.2) is 0 Å². The molecule has 0 aromatic heterocycles. The van der Waals surface area contributed by atoms with E-state index in [0.29, 0.717) is 6.42 Å². The van der Waals surface area contributed by atoms with Crippen LogP contribution in [0.5, 0.6) is 0 Å². The summed E-state index contributed by atoms with van der Waals surface area (Å²) >= 11 is 0. The van der Waals surface area contributed by atoms with Crippen LogP contribution in [-0.4, -0.2) is 35.8 Å². The van der Waals surface area contributed by atoms with Crippen molar-refractivity contribution in [3.63, 3.8) is 0 Å². The first-order chi connectivity index (χ1) is 8.06. The van der Waals surface area contributed by atoms with Crippen LogP contribution < -0.4 is 5.32 Å². The Morgan fingerprint density at radius 1 is 1.18 bits per heavy atom. The monoisotopic (exact) mass is 240 g/mol. The summed E-state index contributed by atoms with van der Waals surface area (Å²) in [6, 6.07) is -0.361. The molecule has 17 heavy (non-hydrogen) atoms. The van der Waals surface area contributed by atoms with Gasteiger partial charge >= 0.3 is 0 Å². The minimum absolute atomic E-state index is 0.0472. The highest BCUT2D eigenvalue weighted by Crippen LogP contribution is 2.13. The summed E-state index contributed by atoms with van der Waals surface area (Å²) in [5.41, 5.74) is 0. The second-order valence-electron chi connectivity index (χ2n) is 5.03. The summed E-state index contributed by atoms with van der Waals surface area (Å²) < 4.78 is 0. The molecule has 1 fully saturated rings. The van der Waals surface area contributed by atoms with Crippen molar-refractivity contribution in [3.05, 3.63) is 0 Å². The molecule has 0 unspecified atom stereocenters. The maximum Gasteiger partial charge on any atom is 0.245 e. The largest absolute Gasteiger partial charge is 0.344 e. The third-order valence-electron chi connectivity index (χ3n) is 3.24. The van der Waals surface area contributed by atoms with Crippen molar-refractivity contribution in [1.29, 1.82) is 0 Å². The van der Waals surface area contributed by atoms with Gasteiger partial charge in [-0.15, -0.1) is 0 Å². The zero-order chi connectivity index (χ0) is 12.8. The van der Waals surface area contributed by atoms with Crippen molar-refractivity contribution >= 4 is 11.8 Å². The molecule has 1 saturated heterocycles. The van der Waals surface area contributed by atoms with Gasteiger partial charge in [0.15, 0.2) is 0 Å². The summed E-state index contributed by atoms with van der Waals surface area (Å²) in [6.07, 6.45) is 3.80. The standard InChI is InChI=1S/C13H24N2O2/c1-4-11(16)14-12(10(2)3)13(17)15-8-6-5-7-9-15/h10,12H,4-9H2,1-3H3,(H,14,16)/t12-/m0/s1. The fourth-order valence-electron chi connectivity index (χ4n) is 2.10.